The molecule has 9 heteroatoms. The lowest BCUT2D eigenvalue weighted by molar-refractivity contribution is -0.120. The van der Waals surface area contributed by atoms with Crippen LogP contribution in [0.1, 0.15) is 27.1 Å². The van der Waals surface area contributed by atoms with E-state index in [0.29, 0.717) is 0 Å². The summed E-state index contributed by atoms with van der Waals surface area (Å²) in [4.78, 5) is 39.0. The van der Waals surface area contributed by atoms with Crippen molar-refractivity contribution in [2.75, 3.05) is 17.3 Å². The maximum absolute atomic E-state index is 13.4. The molecule has 3 amide bonds. The summed E-state index contributed by atoms with van der Waals surface area (Å²) in [6.45, 7) is 0. The molecule has 0 spiro atoms. The highest BCUT2D eigenvalue weighted by atomic mass is 32.2. The van der Waals surface area contributed by atoms with Crippen molar-refractivity contribution >= 4 is 33.2 Å². The van der Waals surface area contributed by atoms with Crippen molar-refractivity contribution in [3.8, 4) is 0 Å². The molecule has 1 atom stereocenters. The molecule has 0 unspecified atom stereocenters. The van der Waals surface area contributed by atoms with Gasteiger partial charge in [0.15, 0.2) is 0 Å². The Kier molecular flexibility index (Phi) is 5.28. The van der Waals surface area contributed by atoms with Crippen molar-refractivity contribution in [1.29, 1.82) is 0 Å². The lowest BCUT2D eigenvalue weighted by atomic mass is 10.1. The van der Waals surface area contributed by atoms with Crippen LogP contribution in [0, 0.1) is 5.82 Å². The molecule has 0 bridgehead atoms. The topological polar surface area (TPSA) is 101 Å². The van der Waals surface area contributed by atoms with Gasteiger partial charge < -0.3 is 5.32 Å². The second-order valence-electron chi connectivity index (χ2n) is 6.46. The number of anilines is 1. The zero-order valence-corrected chi connectivity index (χ0v) is 15.7. The van der Waals surface area contributed by atoms with Crippen LogP contribution in [0.25, 0.3) is 0 Å². The molecule has 0 fully saturated rings. The van der Waals surface area contributed by atoms with Gasteiger partial charge in [0.05, 0.1) is 16.9 Å². The van der Waals surface area contributed by atoms with E-state index in [2.05, 4.69) is 5.32 Å². The number of sulfone groups is 1. The minimum absolute atomic E-state index is 0.131. The van der Waals surface area contributed by atoms with Gasteiger partial charge in [-0.25, -0.2) is 12.8 Å². The fourth-order valence-electron chi connectivity index (χ4n) is 2.99. The van der Waals surface area contributed by atoms with Crippen LogP contribution < -0.4 is 5.32 Å². The van der Waals surface area contributed by atoms with E-state index >= 15 is 0 Å². The largest absolute Gasteiger partial charge is 0.324 e. The van der Waals surface area contributed by atoms with Crippen LogP contribution in [-0.4, -0.2) is 49.1 Å². The molecule has 0 saturated heterocycles. The molecule has 7 nitrogen and oxygen atoms in total. The molecule has 0 aliphatic carbocycles. The highest BCUT2D eigenvalue weighted by Gasteiger charge is 2.42. The summed E-state index contributed by atoms with van der Waals surface area (Å²) in [5.74, 6) is -3.10. The third-order valence-electron chi connectivity index (χ3n) is 4.29. The normalized spacial score (nSPS) is 14.7. The number of rotatable bonds is 6. The summed E-state index contributed by atoms with van der Waals surface area (Å²) in [6, 6.07) is 9.86. The Hall–Kier alpha value is -3.07. The summed E-state index contributed by atoms with van der Waals surface area (Å²) < 4.78 is 36.6. The van der Waals surface area contributed by atoms with Crippen molar-refractivity contribution in [3.63, 3.8) is 0 Å². The fourth-order valence-corrected chi connectivity index (χ4v) is 3.64. The second-order valence-corrected chi connectivity index (χ2v) is 8.72. The van der Waals surface area contributed by atoms with Gasteiger partial charge in [0.1, 0.15) is 21.7 Å². The van der Waals surface area contributed by atoms with Gasteiger partial charge in [-0.3, -0.25) is 19.3 Å². The van der Waals surface area contributed by atoms with Crippen molar-refractivity contribution in [2.24, 2.45) is 0 Å². The molecule has 0 radical (unpaired) electrons. The van der Waals surface area contributed by atoms with Gasteiger partial charge in [0.2, 0.25) is 5.91 Å². The Morgan fingerprint density at radius 1 is 1.07 bits per heavy atom. The van der Waals surface area contributed by atoms with Crippen LogP contribution in [-0.2, 0) is 14.6 Å². The van der Waals surface area contributed by atoms with Crippen LogP contribution in [0.15, 0.2) is 48.5 Å². The molecular formula is C19H17FN2O5S. The van der Waals surface area contributed by atoms with E-state index in [1.165, 1.54) is 30.3 Å². The van der Waals surface area contributed by atoms with Crippen LogP contribution in [0.3, 0.4) is 0 Å². The Morgan fingerprint density at radius 3 is 2.21 bits per heavy atom. The quantitative estimate of drug-likeness (QED) is 0.741. The molecule has 28 heavy (non-hydrogen) atoms. The Balaban J connectivity index is 1.92. The number of carbonyl (C=O) groups is 3. The molecule has 146 valence electrons. The highest BCUT2D eigenvalue weighted by Crippen LogP contribution is 2.26. The number of carbonyl (C=O) groups excluding carboxylic acids is 3. The summed E-state index contributed by atoms with van der Waals surface area (Å²) in [5.41, 5.74) is 0.428. The zero-order chi connectivity index (χ0) is 20.5. The standard InChI is InChI=1S/C19H17FN2O5S/c1-28(26,27)10-9-16(17(23)21-13-6-4-5-12(20)11-13)22-18(24)14-7-2-3-8-15(14)19(22)25/h2-8,11,16H,9-10H2,1H3,(H,21,23)/t16-/m1/s1. The number of halogens is 1. The van der Waals surface area contributed by atoms with E-state index < -0.39 is 45.2 Å². The molecule has 1 N–H and O–H groups in total. The van der Waals surface area contributed by atoms with Gasteiger partial charge in [-0.05, 0) is 36.8 Å². The first-order valence-electron chi connectivity index (χ1n) is 8.38. The predicted octanol–water partition coefficient (Wildman–Crippen LogP) is 1.86. The molecule has 3 rings (SSSR count). The van der Waals surface area contributed by atoms with Crippen molar-refractivity contribution < 1.29 is 27.2 Å². The highest BCUT2D eigenvalue weighted by molar-refractivity contribution is 7.90. The number of nitrogens with zero attached hydrogens (tertiary/aromatic N) is 1. The van der Waals surface area contributed by atoms with Gasteiger partial charge in [0, 0.05) is 11.9 Å². The molecule has 0 saturated carbocycles. The molecular weight excluding hydrogens is 387 g/mol. The Bertz CT molecular complexity index is 1030. The van der Waals surface area contributed by atoms with Crippen LogP contribution in [0.5, 0.6) is 0 Å². The van der Waals surface area contributed by atoms with E-state index in [9.17, 15) is 27.2 Å². The molecule has 1 aliphatic heterocycles. The summed E-state index contributed by atoms with van der Waals surface area (Å²) >= 11 is 0. The van der Waals surface area contributed by atoms with E-state index in [-0.39, 0.29) is 23.2 Å². The molecule has 2 aromatic carbocycles. The van der Waals surface area contributed by atoms with Gasteiger partial charge in [-0.1, -0.05) is 18.2 Å². The van der Waals surface area contributed by atoms with E-state index in [1.807, 2.05) is 0 Å². The minimum Gasteiger partial charge on any atom is -0.324 e. The monoisotopic (exact) mass is 404 g/mol. The molecule has 1 heterocycles. The lowest BCUT2D eigenvalue weighted by Crippen LogP contribution is -2.48. The summed E-state index contributed by atoms with van der Waals surface area (Å²) in [6.07, 6.45) is 0.725. The lowest BCUT2D eigenvalue weighted by Gasteiger charge is -2.25. The first-order valence-corrected chi connectivity index (χ1v) is 10.4. The number of nitrogens with one attached hydrogen (secondary N) is 1. The average Bonchev–Trinajstić information content (AvgIpc) is 2.86. The zero-order valence-electron chi connectivity index (χ0n) is 14.9. The van der Waals surface area contributed by atoms with Gasteiger partial charge >= 0.3 is 0 Å². The van der Waals surface area contributed by atoms with E-state index in [0.717, 1.165) is 17.2 Å². The van der Waals surface area contributed by atoms with Crippen molar-refractivity contribution in [2.45, 2.75) is 12.5 Å². The van der Waals surface area contributed by atoms with E-state index in [1.54, 1.807) is 12.1 Å². The molecule has 1 aliphatic rings. The fraction of sp³-hybridized carbons (Fsp3) is 0.211. The van der Waals surface area contributed by atoms with E-state index in [4.69, 9.17) is 0 Å². The van der Waals surface area contributed by atoms with Crippen LogP contribution in [0.2, 0.25) is 0 Å². The van der Waals surface area contributed by atoms with Crippen LogP contribution >= 0.6 is 0 Å². The summed E-state index contributed by atoms with van der Waals surface area (Å²) in [5, 5.41) is 2.44. The summed E-state index contributed by atoms with van der Waals surface area (Å²) in [7, 11) is -3.45. The van der Waals surface area contributed by atoms with Crippen LogP contribution in [0.4, 0.5) is 10.1 Å². The first-order chi connectivity index (χ1) is 13.2. The third-order valence-corrected chi connectivity index (χ3v) is 5.27. The van der Waals surface area contributed by atoms with Gasteiger partial charge in [-0.2, -0.15) is 0 Å². The minimum atomic E-state index is -3.45. The van der Waals surface area contributed by atoms with Gasteiger partial charge in [-0.15, -0.1) is 0 Å². The van der Waals surface area contributed by atoms with Crippen molar-refractivity contribution in [1.82, 2.24) is 4.90 Å². The number of benzene rings is 2. The third kappa shape index (κ3) is 4.09. The average molecular weight is 404 g/mol. The number of imide groups is 1. The van der Waals surface area contributed by atoms with Gasteiger partial charge in [0.25, 0.3) is 11.8 Å². The Morgan fingerprint density at radius 2 is 1.68 bits per heavy atom. The van der Waals surface area contributed by atoms with Crippen molar-refractivity contribution in [3.05, 3.63) is 65.5 Å². The predicted molar refractivity (Wildman–Crippen MR) is 100 cm³/mol. The number of hydrogen-bond donors (Lipinski definition) is 1. The number of hydrogen-bond acceptors (Lipinski definition) is 5. The first kappa shape index (κ1) is 19.7. The smallest absolute Gasteiger partial charge is 0.262 e. The SMILES string of the molecule is CS(=O)(=O)CC[C@H](C(=O)Nc1cccc(F)c1)N1C(=O)c2ccccc2C1=O. The maximum atomic E-state index is 13.4. The second kappa shape index (κ2) is 7.51. The number of amides is 3. The number of fused-ring (bicyclic) bond motifs is 1. The Labute approximate surface area is 161 Å². The maximum Gasteiger partial charge on any atom is 0.262 e. The molecule has 2 aromatic rings. The molecule has 0 aromatic heterocycles.